The second kappa shape index (κ2) is 6.05. The maximum atomic E-state index is 12.3. The number of likely N-dealkylation sites (N-methyl/N-ethyl adjacent to an activating group) is 1. The van der Waals surface area contributed by atoms with Gasteiger partial charge in [0.25, 0.3) is 0 Å². The molecule has 0 aliphatic carbocycles. The molecule has 0 saturated heterocycles. The van der Waals surface area contributed by atoms with E-state index in [4.69, 9.17) is 4.74 Å². The van der Waals surface area contributed by atoms with Gasteiger partial charge < -0.3 is 4.74 Å². The average molecular weight is 290 g/mol. The van der Waals surface area contributed by atoms with Crippen LogP contribution in [0.1, 0.15) is 16.1 Å². The molecule has 5 heteroatoms. The smallest absolute Gasteiger partial charge is 0.232 e. The Labute approximate surface area is 123 Å². The highest BCUT2D eigenvalue weighted by Crippen LogP contribution is 2.25. The molecule has 0 atom stereocenters. The Morgan fingerprint density at radius 3 is 2.75 bits per heavy atom. The van der Waals surface area contributed by atoms with Crippen molar-refractivity contribution in [3.63, 3.8) is 0 Å². The molecule has 0 bridgehead atoms. The largest absolute Gasteiger partial charge is 0.497 e. The molecule has 2 rings (SSSR count). The van der Waals surface area contributed by atoms with Crippen LogP contribution in [0.2, 0.25) is 0 Å². The molecule has 106 valence electrons. The number of carbonyl (C=O) groups is 1. The Morgan fingerprint density at radius 2 is 2.15 bits per heavy atom. The predicted molar refractivity (Wildman–Crippen MR) is 81.7 cm³/mol. The summed E-state index contributed by atoms with van der Waals surface area (Å²) in [7, 11) is 3.38. The van der Waals surface area contributed by atoms with Crippen molar-refractivity contribution in [1.29, 1.82) is 0 Å². The van der Waals surface area contributed by atoms with Gasteiger partial charge in [0.05, 0.1) is 19.2 Å². The van der Waals surface area contributed by atoms with E-state index in [1.165, 1.54) is 11.3 Å². The van der Waals surface area contributed by atoms with Crippen molar-refractivity contribution in [2.24, 2.45) is 0 Å². The second-order valence-corrected chi connectivity index (χ2v) is 5.80. The quantitative estimate of drug-likeness (QED) is 0.869. The summed E-state index contributed by atoms with van der Waals surface area (Å²) in [6.45, 7) is 3.96. The van der Waals surface area contributed by atoms with Gasteiger partial charge in [-0.2, -0.15) is 0 Å². The first kappa shape index (κ1) is 14.5. The van der Waals surface area contributed by atoms with Crippen LogP contribution < -0.4 is 9.64 Å². The average Bonchev–Trinajstić information content (AvgIpc) is 2.78. The third-order valence-electron chi connectivity index (χ3n) is 3.17. The minimum atomic E-state index is 0.0204. The summed E-state index contributed by atoms with van der Waals surface area (Å²) >= 11 is 1.54. The summed E-state index contributed by atoms with van der Waals surface area (Å²) in [5, 5.41) is 0.743. The van der Waals surface area contributed by atoms with Crippen LogP contribution in [0.5, 0.6) is 5.75 Å². The van der Waals surface area contributed by atoms with Crippen LogP contribution in [0.25, 0.3) is 0 Å². The number of nitrogens with zero attached hydrogens (tertiary/aromatic N) is 2. The van der Waals surface area contributed by atoms with Crippen molar-refractivity contribution in [1.82, 2.24) is 4.98 Å². The Kier molecular flexibility index (Phi) is 4.39. The van der Waals surface area contributed by atoms with Crippen LogP contribution in [0, 0.1) is 13.8 Å². The van der Waals surface area contributed by atoms with Crippen LogP contribution in [0.3, 0.4) is 0 Å². The highest BCUT2D eigenvalue weighted by Gasteiger charge is 2.16. The molecule has 0 saturated carbocycles. The number of anilines is 1. The zero-order valence-electron chi connectivity index (χ0n) is 12.1. The van der Waals surface area contributed by atoms with Crippen molar-refractivity contribution in [2.45, 2.75) is 20.3 Å². The van der Waals surface area contributed by atoms with E-state index in [0.29, 0.717) is 6.42 Å². The van der Waals surface area contributed by atoms with Crippen molar-refractivity contribution in [3.05, 3.63) is 40.4 Å². The van der Waals surface area contributed by atoms with Crippen LogP contribution in [-0.2, 0) is 11.2 Å². The molecule has 0 fully saturated rings. The molecule has 1 heterocycles. The Balaban J connectivity index is 2.11. The summed E-state index contributed by atoms with van der Waals surface area (Å²) in [6, 6.07) is 7.56. The molecule has 1 aromatic carbocycles. The number of hydrogen-bond acceptors (Lipinski definition) is 4. The van der Waals surface area contributed by atoms with Crippen molar-refractivity contribution in [3.8, 4) is 5.75 Å². The van der Waals surface area contributed by atoms with Crippen LogP contribution in [0.4, 0.5) is 5.13 Å². The minimum Gasteiger partial charge on any atom is -0.497 e. The number of aryl methyl sites for hydroxylation is 2. The fraction of sp³-hybridized carbons (Fsp3) is 0.333. The lowest BCUT2D eigenvalue weighted by Crippen LogP contribution is -2.27. The van der Waals surface area contributed by atoms with Gasteiger partial charge in [0.15, 0.2) is 5.13 Å². The fourth-order valence-electron chi connectivity index (χ4n) is 1.78. The van der Waals surface area contributed by atoms with E-state index < -0.39 is 0 Å². The van der Waals surface area contributed by atoms with E-state index in [-0.39, 0.29) is 5.91 Å². The summed E-state index contributed by atoms with van der Waals surface area (Å²) in [4.78, 5) is 19.4. The van der Waals surface area contributed by atoms with Gasteiger partial charge in [-0.3, -0.25) is 9.69 Å². The fourth-order valence-corrected chi connectivity index (χ4v) is 2.67. The van der Waals surface area contributed by atoms with E-state index >= 15 is 0 Å². The first-order chi connectivity index (χ1) is 9.51. The molecule has 2 aromatic rings. The number of amides is 1. The number of hydrogen-bond donors (Lipinski definition) is 0. The molecular weight excluding hydrogens is 272 g/mol. The molecule has 0 aliphatic heterocycles. The number of aromatic nitrogens is 1. The van der Waals surface area contributed by atoms with Gasteiger partial charge in [-0.05, 0) is 31.5 Å². The summed E-state index contributed by atoms with van der Waals surface area (Å²) in [5.41, 5.74) is 1.91. The van der Waals surface area contributed by atoms with Gasteiger partial charge in [0, 0.05) is 11.9 Å². The summed E-state index contributed by atoms with van der Waals surface area (Å²) in [5.74, 6) is 0.783. The molecule has 0 N–H and O–H groups in total. The number of benzene rings is 1. The molecule has 20 heavy (non-hydrogen) atoms. The number of rotatable bonds is 4. The van der Waals surface area contributed by atoms with E-state index in [1.54, 1.807) is 19.1 Å². The Hall–Kier alpha value is -1.88. The molecule has 0 aliphatic rings. The van der Waals surface area contributed by atoms with Gasteiger partial charge in [-0.25, -0.2) is 4.98 Å². The second-order valence-electron chi connectivity index (χ2n) is 4.62. The lowest BCUT2D eigenvalue weighted by molar-refractivity contribution is -0.117. The third kappa shape index (κ3) is 3.17. The van der Waals surface area contributed by atoms with Crippen molar-refractivity contribution < 1.29 is 9.53 Å². The molecule has 4 nitrogen and oxygen atoms in total. The van der Waals surface area contributed by atoms with Gasteiger partial charge >= 0.3 is 0 Å². The molecule has 0 unspecified atom stereocenters. The minimum absolute atomic E-state index is 0.0204. The highest BCUT2D eigenvalue weighted by molar-refractivity contribution is 7.15. The Bertz CT molecular complexity index is 603. The number of carbonyl (C=O) groups excluding carboxylic acids is 1. The van der Waals surface area contributed by atoms with E-state index in [9.17, 15) is 4.79 Å². The highest BCUT2D eigenvalue weighted by atomic mass is 32.1. The van der Waals surface area contributed by atoms with Gasteiger partial charge in [0.1, 0.15) is 5.75 Å². The monoisotopic (exact) mass is 290 g/mol. The van der Waals surface area contributed by atoms with Gasteiger partial charge in [-0.1, -0.05) is 12.1 Å². The lowest BCUT2D eigenvalue weighted by atomic mass is 10.1. The van der Waals surface area contributed by atoms with Crippen molar-refractivity contribution in [2.75, 3.05) is 19.1 Å². The standard InChI is InChI=1S/C15H18N2O2S/c1-10-11(2)20-15(16-10)17(3)14(18)9-12-6-5-7-13(8-12)19-4/h5-8H,9H2,1-4H3. The number of ether oxygens (including phenoxy) is 1. The normalized spacial score (nSPS) is 10.4. The molecule has 1 amide bonds. The van der Waals surface area contributed by atoms with Crippen LogP contribution >= 0.6 is 11.3 Å². The maximum absolute atomic E-state index is 12.3. The van der Waals surface area contributed by atoms with Crippen LogP contribution in [0.15, 0.2) is 24.3 Å². The summed E-state index contributed by atoms with van der Waals surface area (Å²) < 4.78 is 5.17. The summed E-state index contributed by atoms with van der Waals surface area (Å²) in [6.07, 6.45) is 0.339. The molecular formula is C15H18N2O2S. The van der Waals surface area contributed by atoms with E-state index in [1.807, 2.05) is 38.1 Å². The molecule has 1 aromatic heterocycles. The first-order valence-electron chi connectivity index (χ1n) is 6.34. The zero-order chi connectivity index (χ0) is 14.7. The number of thiazole rings is 1. The number of methoxy groups -OCH3 is 1. The Morgan fingerprint density at radius 1 is 1.40 bits per heavy atom. The first-order valence-corrected chi connectivity index (χ1v) is 7.16. The van der Waals surface area contributed by atoms with Gasteiger partial charge in [0.2, 0.25) is 5.91 Å². The van der Waals surface area contributed by atoms with Crippen molar-refractivity contribution >= 4 is 22.4 Å². The maximum Gasteiger partial charge on any atom is 0.232 e. The SMILES string of the molecule is COc1cccc(CC(=O)N(C)c2nc(C)c(C)s2)c1. The molecule has 0 radical (unpaired) electrons. The zero-order valence-corrected chi connectivity index (χ0v) is 13.0. The lowest BCUT2D eigenvalue weighted by Gasteiger charge is -2.14. The third-order valence-corrected chi connectivity index (χ3v) is 4.32. The van der Waals surface area contributed by atoms with E-state index in [0.717, 1.165) is 27.0 Å². The van der Waals surface area contributed by atoms with E-state index in [2.05, 4.69) is 4.98 Å². The molecule has 0 spiro atoms. The predicted octanol–water partition coefficient (Wildman–Crippen LogP) is 2.97. The van der Waals surface area contributed by atoms with Gasteiger partial charge in [-0.15, -0.1) is 11.3 Å². The topological polar surface area (TPSA) is 42.4 Å². The van der Waals surface area contributed by atoms with Crippen LogP contribution in [-0.4, -0.2) is 25.0 Å².